The van der Waals surface area contributed by atoms with Crippen molar-refractivity contribution in [2.45, 2.75) is 19.3 Å². The fourth-order valence-corrected chi connectivity index (χ4v) is 1.90. The summed E-state index contributed by atoms with van der Waals surface area (Å²) < 4.78 is 23.3. The normalized spacial score (nSPS) is 20.4. The van der Waals surface area contributed by atoms with Crippen molar-refractivity contribution in [1.29, 1.82) is 0 Å². The Morgan fingerprint density at radius 1 is 1.23 bits per heavy atom. The van der Waals surface area contributed by atoms with Crippen LogP contribution in [0.5, 0.6) is 0 Å². The molecule has 3 N–H and O–H groups in total. The summed E-state index contributed by atoms with van der Waals surface area (Å²) in [7, 11) is -3.50. The summed E-state index contributed by atoms with van der Waals surface area (Å²) in [4.78, 5) is 2.25. The average Bonchev–Trinajstić information content (AvgIpc) is 2.04. The maximum Gasteiger partial charge on any atom is 0.274 e. The lowest BCUT2D eigenvalue weighted by atomic mass is 10.1. The smallest absolute Gasteiger partial charge is 0.274 e. The molecule has 1 aliphatic heterocycles. The SMILES string of the molecule is NS(=O)(=O)NCCN1CCCCC1. The van der Waals surface area contributed by atoms with Crippen LogP contribution >= 0.6 is 0 Å². The molecule has 0 aromatic heterocycles. The summed E-state index contributed by atoms with van der Waals surface area (Å²) >= 11 is 0. The molecule has 5 nitrogen and oxygen atoms in total. The van der Waals surface area contributed by atoms with Gasteiger partial charge in [-0.3, -0.25) is 0 Å². The molecule has 1 saturated heterocycles. The van der Waals surface area contributed by atoms with E-state index >= 15 is 0 Å². The first kappa shape index (κ1) is 10.9. The first-order valence-electron chi connectivity index (χ1n) is 4.58. The van der Waals surface area contributed by atoms with Crippen LogP contribution in [-0.2, 0) is 10.2 Å². The van der Waals surface area contributed by atoms with Crippen molar-refractivity contribution in [3.05, 3.63) is 0 Å². The van der Waals surface area contributed by atoms with E-state index in [0.29, 0.717) is 6.54 Å². The number of hydrogen-bond acceptors (Lipinski definition) is 3. The highest BCUT2D eigenvalue weighted by Gasteiger charge is 2.09. The molecular weight excluding hydrogens is 190 g/mol. The highest BCUT2D eigenvalue weighted by Crippen LogP contribution is 2.07. The van der Waals surface area contributed by atoms with Crippen molar-refractivity contribution in [1.82, 2.24) is 9.62 Å². The number of nitrogens with one attached hydrogen (secondary N) is 1. The van der Waals surface area contributed by atoms with Gasteiger partial charge < -0.3 is 4.90 Å². The average molecular weight is 207 g/mol. The minimum atomic E-state index is -3.50. The second-order valence-corrected chi connectivity index (χ2v) is 4.72. The third kappa shape index (κ3) is 5.20. The van der Waals surface area contributed by atoms with E-state index in [2.05, 4.69) is 9.62 Å². The zero-order valence-electron chi connectivity index (χ0n) is 7.70. The summed E-state index contributed by atoms with van der Waals surface area (Å²) in [5, 5.41) is 4.79. The van der Waals surface area contributed by atoms with Crippen molar-refractivity contribution in [3.63, 3.8) is 0 Å². The first-order chi connectivity index (χ1) is 6.08. The second-order valence-electron chi connectivity index (χ2n) is 3.34. The molecule has 1 rings (SSSR count). The molecule has 0 atom stereocenters. The van der Waals surface area contributed by atoms with Crippen LogP contribution in [0.2, 0.25) is 0 Å². The van der Waals surface area contributed by atoms with E-state index in [1.165, 1.54) is 19.3 Å². The third-order valence-electron chi connectivity index (χ3n) is 2.18. The highest BCUT2D eigenvalue weighted by atomic mass is 32.2. The summed E-state index contributed by atoms with van der Waals surface area (Å²) in [5.41, 5.74) is 0. The summed E-state index contributed by atoms with van der Waals surface area (Å²) in [6.45, 7) is 3.33. The van der Waals surface area contributed by atoms with Crippen LogP contribution in [0.3, 0.4) is 0 Å². The number of likely N-dealkylation sites (tertiary alicyclic amines) is 1. The molecular formula is C7H17N3O2S. The van der Waals surface area contributed by atoms with Gasteiger partial charge in [-0.1, -0.05) is 6.42 Å². The van der Waals surface area contributed by atoms with Crippen molar-refractivity contribution < 1.29 is 8.42 Å². The molecule has 1 aliphatic rings. The van der Waals surface area contributed by atoms with Gasteiger partial charge in [-0.15, -0.1) is 0 Å². The molecule has 0 saturated carbocycles. The molecule has 0 amide bonds. The Labute approximate surface area is 79.5 Å². The maximum atomic E-state index is 10.5. The lowest BCUT2D eigenvalue weighted by molar-refractivity contribution is 0.233. The van der Waals surface area contributed by atoms with E-state index < -0.39 is 10.2 Å². The van der Waals surface area contributed by atoms with E-state index in [4.69, 9.17) is 5.14 Å². The summed E-state index contributed by atoms with van der Waals surface area (Å²) in [6.07, 6.45) is 3.73. The molecule has 0 radical (unpaired) electrons. The zero-order valence-corrected chi connectivity index (χ0v) is 8.52. The Morgan fingerprint density at radius 2 is 1.85 bits per heavy atom. The molecule has 0 bridgehead atoms. The molecule has 13 heavy (non-hydrogen) atoms. The Morgan fingerprint density at radius 3 is 2.38 bits per heavy atom. The second kappa shape index (κ2) is 4.90. The minimum absolute atomic E-state index is 0.416. The fourth-order valence-electron chi connectivity index (χ4n) is 1.53. The molecule has 0 aromatic carbocycles. The Kier molecular flexibility index (Phi) is 4.11. The maximum absolute atomic E-state index is 10.5. The molecule has 78 valence electrons. The Hall–Kier alpha value is -0.170. The molecule has 1 heterocycles. The van der Waals surface area contributed by atoms with Crippen LogP contribution in [0.4, 0.5) is 0 Å². The van der Waals surface area contributed by atoms with Gasteiger partial charge in [-0.05, 0) is 25.9 Å². The van der Waals surface area contributed by atoms with Crippen molar-refractivity contribution in [3.8, 4) is 0 Å². The zero-order chi connectivity index (χ0) is 9.73. The number of nitrogens with two attached hydrogens (primary N) is 1. The molecule has 0 unspecified atom stereocenters. The van der Waals surface area contributed by atoms with E-state index in [9.17, 15) is 8.42 Å². The van der Waals surface area contributed by atoms with Crippen LogP contribution in [0.25, 0.3) is 0 Å². The van der Waals surface area contributed by atoms with Crippen LogP contribution in [-0.4, -0.2) is 39.5 Å². The van der Waals surface area contributed by atoms with Gasteiger partial charge in [0.15, 0.2) is 0 Å². The van der Waals surface area contributed by atoms with Crippen LogP contribution in [0.1, 0.15) is 19.3 Å². The Balaban J connectivity index is 2.11. The Bertz CT molecular complexity index is 234. The third-order valence-corrected chi connectivity index (χ3v) is 2.79. The standard InChI is InChI=1S/C7H17N3O2S/c8-13(11,12)9-4-7-10-5-2-1-3-6-10/h9H,1-7H2,(H2,8,11,12). The predicted octanol–water partition coefficient (Wildman–Crippen LogP) is -0.735. The van der Waals surface area contributed by atoms with Gasteiger partial charge in [-0.25, -0.2) is 9.86 Å². The van der Waals surface area contributed by atoms with Gasteiger partial charge in [-0.2, -0.15) is 8.42 Å². The summed E-state index contributed by atoms with van der Waals surface area (Å²) in [6, 6.07) is 0. The molecule has 6 heteroatoms. The molecule has 0 aliphatic carbocycles. The van der Waals surface area contributed by atoms with Gasteiger partial charge in [0.2, 0.25) is 0 Å². The van der Waals surface area contributed by atoms with Crippen molar-refractivity contribution >= 4 is 10.2 Å². The predicted molar refractivity (Wildman–Crippen MR) is 51.4 cm³/mol. The quantitative estimate of drug-likeness (QED) is 0.638. The number of piperidine rings is 1. The fraction of sp³-hybridized carbons (Fsp3) is 1.00. The van der Waals surface area contributed by atoms with Gasteiger partial charge in [0.25, 0.3) is 10.2 Å². The summed E-state index contributed by atoms with van der Waals surface area (Å²) in [5.74, 6) is 0. The highest BCUT2D eigenvalue weighted by molar-refractivity contribution is 7.87. The van der Waals surface area contributed by atoms with Crippen molar-refractivity contribution in [2.24, 2.45) is 5.14 Å². The van der Waals surface area contributed by atoms with E-state index in [1.54, 1.807) is 0 Å². The van der Waals surface area contributed by atoms with Gasteiger partial charge in [0.05, 0.1) is 0 Å². The molecule has 0 spiro atoms. The molecule has 1 fully saturated rings. The first-order valence-corrected chi connectivity index (χ1v) is 6.12. The monoisotopic (exact) mass is 207 g/mol. The van der Waals surface area contributed by atoms with E-state index in [1.807, 2.05) is 0 Å². The molecule has 0 aromatic rings. The van der Waals surface area contributed by atoms with Crippen LogP contribution in [0.15, 0.2) is 0 Å². The van der Waals surface area contributed by atoms with Gasteiger partial charge in [0, 0.05) is 13.1 Å². The number of nitrogens with zero attached hydrogens (tertiary/aromatic N) is 1. The largest absolute Gasteiger partial charge is 0.302 e. The van der Waals surface area contributed by atoms with E-state index in [-0.39, 0.29) is 0 Å². The lowest BCUT2D eigenvalue weighted by Gasteiger charge is -2.26. The van der Waals surface area contributed by atoms with Crippen LogP contribution < -0.4 is 9.86 Å². The van der Waals surface area contributed by atoms with E-state index in [0.717, 1.165) is 19.6 Å². The number of rotatable bonds is 4. The number of hydrogen-bond donors (Lipinski definition) is 2. The van der Waals surface area contributed by atoms with Crippen molar-refractivity contribution in [2.75, 3.05) is 26.2 Å². The van der Waals surface area contributed by atoms with Gasteiger partial charge in [0.1, 0.15) is 0 Å². The lowest BCUT2D eigenvalue weighted by Crippen LogP contribution is -2.39. The topological polar surface area (TPSA) is 75.4 Å². The van der Waals surface area contributed by atoms with Crippen LogP contribution in [0, 0.1) is 0 Å². The van der Waals surface area contributed by atoms with Gasteiger partial charge >= 0.3 is 0 Å². The minimum Gasteiger partial charge on any atom is -0.302 e.